The summed E-state index contributed by atoms with van der Waals surface area (Å²) in [6.45, 7) is 0. The van der Waals surface area contributed by atoms with Crippen molar-refractivity contribution in [3.8, 4) is 11.3 Å². The zero-order valence-corrected chi connectivity index (χ0v) is 9.42. The Morgan fingerprint density at radius 3 is 2.67 bits per heavy atom. The Balaban J connectivity index is 2.55. The van der Waals surface area contributed by atoms with E-state index in [2.05, 4.69) is 9.68 Å². The third-order valence-corrected chi connectivity index (χ3v) is 2.54. The van der Waals surface area contributed by atoms with Crippen molar-refractivity contribution in [1.82, 2.24) is 5.16 Å². The zero-order chi connectivity index (χ0) is 13.3. The summed E-state index contributed by atoms with van der Waals surface area (Å²) in [6.07, 6.45) is -4.08. The maximum Gasteiger partial charge on any atom is 0.416 e. The first-order valence-electron chi connectivity index (χ1n) is 4.71. The smallest absolute Gasteiger partial charge is 0.343 e. The molecule has 0 aliphatic heterocycles. The molecule has 0 bridgehead atoms. The molecular formula is C11H5ClF3NO2. The van der Waals surface area contributed by atoms with E-state index in [4.69, 9.17) is 11.6 Å². The molecule has 0 saturated heterocycles. The molecule has 2 aromatic rings. The first-order valence-corrected chi connectivity index (χ1v) is 5.09. The second kappa shape index (κ2) is 4.45. The highest BCUT2D eigenvalue weighted by Crippen LogP contribution is 2.33. The average Bonchev–Trinajstić information content (AvgIpc) is 2.69. The summed E-state index contributed by atoms with van der Waals surface area (Å²) in [5.41, 5.74) is -0.810. The summed E-state index contributed by atoms with van der Waals surface area (Å²) in [4.78, 5) is 10.8. The maximum absolute atomic E-state index is 12.5. The van der Waals surface area contributed by atoms with Gasteiger partial charge in [0.05, 0.1) is 5.56 Å². The monoisotopic (exact) mass is 275 g/mol. The van der Waals surface area contributed by atoms with Gasteiger partial charge in [0.2, 0.25) is 5.22 Å². The fourth-order valence-electron chi connectivity index (χ4n) is 1.43. The van der Waals surface area contributed by atoms with E-state index in [0.29, 0.717) is 6.29 Å². The molecule has 1 heterocycles. The molecule has 0 N–H and O–H groups in total. The van der Waals surface area contributed by atoms with E-state index in [9.17, 15) is 18.0 Å². The third-order valence-electron chi connectivity index (χ3n) is 2.27. The topological polar surface area (TPSA) is 43.1 Å². The minimum absolute atomic E-state index is 0.0129. The highest BCUT2D eigenvalue weighted by molar-refractivity contribution is 6.31. The van der Waals surface area contributed by atoms with Gasteiger partial charge in [-0.05, 0) is 23.7 Å². The summed E-state index contributed by atoms with van der Waals surface area (Å²) in [7, 11) is 0. The molecule has 1 aromatic carbocycles. The van der Waals surface area contributed by atoms with Crippen LogP contribution in [-0.4, -0.2) is 11.4 Å². The van der Waals surface area contributed by atoms with Crippen LogP contribution in [0, 0.1) is 0 Å². The van der Waals surface area contributed by atoms with Gasteiger partial charge in [-0.2, -0.15) is 13.2 Å². The molecule has 0 atom stereocenters. The Labute approximate surface area is 104 Å². The van der Waals surface area contributed by atoms with Gasteiger partial charge in [0, 0.05) is 5.56 Å². The Morgan fingerprint density at radius 1 is 1.33 bits per heavy atom. The molecule has 3 nitrogen and oxygen atoms in total. The van der Waals surface area contributed by atoms with E-state index in [1.807, 2.05) is 0 Å². The van der Waals surface area contributed by atoms with Crippen LogP contribution in [0.2, 0.25) is 5.22 Å². The predicted molar refractivity (Wildman–Crippen MR) is 57.3 cm³/mol. The minimum Gasteiger partial charge on any atom is -0.343 e. The van der Waals surface area contributed by atoms with Crippen molar-refractivity contribution in [1.29, 1.82) is 0 Å². The standard InChI is InChI=1S/C11H5ClF3NO2/c12-10-8(5-17)9(16-18-10)6-2-1-3-7(4-6)11(13,14)15/h1-5H. The lowest BCUT2D eigenvalue weighted by atomic mass is 10.1. The first kappa shape index (κ1) is 12.6. The summed E-state index contributed by atoms with van der Waals surface area (Å²) < 4.78 is 42.2. The normalized spacial score (nSPS) is 11.6. The molecule has 0 fully saturated rings. The van der Waals surface area contributed by atoms with Crippen LogP contribution in [0.1, 0.15) is 15.9 Å². The number of aromatic nitrogens is 1. The molecule has 0 unspecified atom stereocenters. The molecule has 7 heteroatoms. The number of aldehydes is 1. The number of halogens is 4. The molecule has 18 heavy (non-hydrogen) atoms. The third kappa shape index (κ3) is 2.24. The van der Waals surface area contributed by atoms with Gasteiger partial charge in [-0.3, -0.25) is 4.79 Å². The van der Waals surface area contributed by atoms with Crippen molar-refractivity contribution >= 4 is 17.9 Å². The van der Waals surface area contributed by atoms with Crippen LogP contribution >= 0.6 is 11.6 Å². The summed E-state index contributed by atoms with van der Waals surface area (Å²) in [5.74, 6) is 0. The van der Waals surface area contributed by atoms with Gasteiger partial charge in [-0.15, -0.1) is 0 Å². The maximum atomic E-state index is 12.5. The summed E-state index contributed by atoms with van der Waals surface area (Å²) in [5, 5.41) is 3.22. The van der Waals surface area contributed by atoms with E-state index >= 15 is 0 Å². The quantitative estimate of drug-likeness (QED) is 0.782. The minimum atomic E-state index is -4.47. The van der Waals surface area contributed by atoms with E-state index in [1.165, 1.54) is 12.1 Å². The number of carbonyl (C=O) groups is 1. The van der Waals surface area contributed by atoms with Gasteiger partial charge in [-0.25, -0.2) is 0 Å². The Kier molecular flexibility index (Phi) is 3.13. The lowest BCUT2D eigenvalue weighted by Gasteiger charge is -2.07. The van der Waals surface area contributed by atoms with Crippen LogP contribution in [0.5, 0.6) is 0 Å². The van der Waals surface area contributed by atoms with Crippen LogP contribution < -0.4 is 0 Å². The van der Waals surface area contributed by atoms with Gasteiger partial charge in [0.15, 0.2) is 6.29 Å². The number of nitrogens with zero attached hydrogens (tertiary/aromatic N) is 1. The largest absolute Gasteiger partial charge is 0.416 e. The lowest BCUT2D eigenvalue weighted by Crippen LogP contribution is -2.04. The Bertz CT molecular complexity index is 592. The number of alkyl halides is 3. The fraction of sp³-hybridized carbons (Fsp3) is 0.0909. The Morgan fingerprint density at radius 2 is 2.06 bits per heavy atom. The highest BCUT2D eigenvalue weighted by atomic mass is 35.5. The second-order valence-electron chi connectivity index (χ2n) is 3.41. The molecular weight excluding hydrogens is 271 g/mol. The van der Waals surface area contributed by atoms with Crippen molar-refractivity contribution in [2.75, 3.05) is 0 Å². The molecule has 1 aromatic heterocycles. The lowest BCUT2D eigenvalue weighted by molar-refractivity contribution is -0.137. The molecule has 0 radical (unpaired) electrons. The second-order valence-corrected chi connectivity index (χ2v) is 3.76. The van der Waals surface area contributed by atoms with Crippen molar-refractivity contribution in [2.24, 2.45) is 0 Å². The molecule has 0 spiro atoms. The summed E-state index contributed by atoms with van der Waals surface area (Å²) in [6, 6.07) is 4.40. The van der Waals surface area contributed by atoms with E-state index < -0.39 is 11.7 Å². The molecule has 2 rings (SSSR count). The van der Waals surface area contributed by atoms with Crippen molar-refractivity contribution in [3.05, 3.63) is 40.6 Å². The van der Waals surface area contributed by atoms with Crippen molar-refractivity contribution in [3.63, 3.8) is 0 Å². The predicted octanol–water partition coefficient (Wildman–Crippen LogP) is 3.83. The van der Waals surface area contributed by atoms with Crippen LogP contribution in [0.15, 0.2) is 28.8 Å². The SMILES string of the molecule is O=Cc1c(-c2cccc(C(F)(F)F)c2)noc1Cl. The van der Waals surface area contributed by atoms with Crippen LogP contribution in [0.25, 0.3) is 11.3 Å². The first-order chi connectivity index (χ1) is 8.43. The van der Waals surface area contributed by atoms with E-state index in [0.717, 1.165) is 12.1 Å². The fourth-order valence-corrected chi connectivity index (χ4v) is 1.60. The van der Waals surface area contributed by atoms with Gasteiger partial charge in [-0.1, -0.05) is 17.3 Å². The molecule has 0 saturated carbocycles. The molecule has 94 valence electrons. The van der Waals surface area contributed by atoms with Gasteiger partial charge in [0.25, 0.3) is 0 Å². The van der Waals surface area contributed by atoms with Gasteiger partial charge >= 0.3 is 6.18 Å². The van der Waals surface area contributed by atoms with Gasteiger partial charge < -0.3 is 4.52 Å². The van der Waals surface area contributed by atoms with Crippen LogP contribution in [-0.2, 0) is 6.18 Å². The highest BCUT2D eigenvalue weighted by Gasteiger charge is 2.31. The molecule has 0 aliphatic rings. The number of benzene rings is 1. The van der Waals surface area contributed by atoms with Crippen LogP contribution in [0.3, 0.4) is 0 Å². The molecule has 0 aliphatic carbocycles. The number of rotatable bonds is 2. The average molecular weight is 276 g/mol. The van der Waals surface area contributed by atoms with Crippen LogP contribution in [0.4, 0.5) is 13.2 Å². The summed E-state index contributed by atoms with van der Waals surface area (Å²) >= 11 is 5.54. The van der Waals surface area contributed by atoms with Gasteiger partial charge in [0.1, 0.15) is 11.3 Å². The van der Waals surface area contributed by atoms with Crippen molar-refractivity contribution in [2.45, 2.75) is 6.18 Å². The number of hydrogen-bond acceptors (Lipinski definition) is 3. The molecule has 0 amide bonds. The Hall–Kier alpha value is -1.82. The van der Waals surface area contributed by atoms with Crippen molar-refractivity contribution < 1.29 is 22.5 Å². The van der Waals surface area contributed by atoms with E-state index in [-0.39, 0.29) is 22.0 Å². The zero-order valence-electron chi connectivity index (χ0n) is 8.66. The number of carbonyl (C=O) groups excluding carboxylic acids is 1. The van der Waals surface area contributed by atoms with E-state index in [1.54, 1.807) is 0 Å². The number of hydrogen-bond donors (Lipinski definition) is 0.